The molecule has 5 nitrogen and oxygen atoms in total. The van der Waals surface area contributed by atoms with Crippen molar-refractivity contribution in [2.24, 2.45) is 10.2 Å². The minimum absolute atomic E-state index is 0.0239. The van der Waals surface area contributed by atoms with Crippen molar-refractivity contribution in [1.82, 2.24) is 4.98 Å². The lowest BCUT2D eigenvalue weighted by Crippen LogP contribution is -2.14. The smallest absolute Gasteiger partial charge is 0.322 e. The maximum Gasteiger partial charge on any atom is 0.433 e. The molecule has 0 atom stereocenters. The van der Waals surface area contributed by atoms with Crippen molar-refractivity contribution in [3.63, 3.8) is 0 Å². The average molecular weight is 370 g/mol. The van der Waals surface area contributed by atoms with Gasteiger partial charge in [0.15, 0.2) is 0 Å². The van der Waals surface area contributed by atoms with Crippen molar-refractivity contribution in [2.45, 2.75) is 6.18 Å². The van der Waals surface area contributed by atoms with Gasteiger partial charge in [-0.3, -0.25) is 9.78 Å². The summed E-state index contributed by atoms with van der Waals surface area (Å²) in [6, 6.07) is 17.6. The van der Waals surface area contributed by atoms with Crippen LogP contribution in [0.5, 0.6) is 0 Å². The van der Waals surface area contributed by atoms with E-state index in [1.165, 1.54) is 0 Å². The predicted octanol–water partition coefficient (Wildman–Crippen LogP) is 5.77. The number of carbonyl (C=O) groups excluding carboxylic acids is 1. The van der Waals surface area contributed by atoms with E-state index in [2.05, 4.69) is 20.5 Å². The van der Waals surface area contributed by atoms with Gasteiger partial charge in [-0.25, -0.2) is 0 Å². The zero-order valence-electron chi connectivity index (χ0n) is 13.8. The van der Waals surface area contributed by atoms with Crippen LogP contribution in [0.4, 0.5) is 30.2 Å². The zero-order valence-corrected chi connectivity index (χ0v) is 13.8. The molecule has 27 heavy (non-hydrogen) atoms. The van der Waals surface area contributed by atoms with Crippen molar-refractivity contribution in [3.8, 4) is 0 Å². The Morgan fingerprint density at radius 2 is 1.48 bits per heavy atom. The van der Waals surface area contributed by atoms with E-state index >= 15 is 0 Å². The molecule has 8 heteroatoms. The predicted molar refractivity (Wildman–Crippen MR) is 94.3 cm³/mol. The maximum atomic E-state index is 12.5. The minimum atomic E-state index is -4.54. The second-order valence-electron chi connectivity index (χ2n) is 5.47. The van der Waals surface area contributed by atoms with E-state index in [9.17, 15) is 18.0 Å². The molecule has 0 saturated heterocycles. The highest BCUT2D eigenvalue weighted by Gasteiger charge is 2.32. The van der Waals surface area contributed by atoms with Crippen LogP contribution in [0.25, 0.3) is 0 Å². The Kier molecular flexibility index (Phi) is 5.25. The quantitative estimate of drug-likeness (QED) is 0.593. The Morgan fingerprint density at radius 1 is 0.852 bits per heavy atom. The highest BCUT2D eigenvalue weighted by atomic mass is 19.4. The Morgan fingerprint density at radius 3 is 2.04 bits per heavy atom. The van der Waals surface area contributed by atoms with Gasteiger partial charge in [0.1, 0.15) is 5.69 Å². The van der Waals surface area contributed by atoms with E-state index in [-0.39, 0.29) is 5.56 Å². The number of pyridine rings is 1. The first-order valence-electron chi connectivity index (χ1n) is 7.83. The summed E-state index contributed by atoms with van der Waals surface area (Å²) >= 11 is 0. The first-order valence-corrected chi connectivity index (χ1v) is 7.83. The third-order valence-electron chi connectivity index (χ3n) is 3.48. The van der Waals surface area contributed by atoms with Crippen molar-refractivity contribution in [2.75, 3.05) is 5.32 Å². The summed E-state index contributed by atoms with van der Waals surface area (Å²) in [4.78, 5) is 15.4. The molecular weight excluding hydrogens is 357 g/mol. The van der Waals surface area contributed by atoms with Crippen LogP contribution in [0.1, 0.15) is 16.1 Å². The fourth-order valence-electron chi connectivity index (χ4n) is 2.12. The van der Waals surface area contributed by atoms with Crippen LogP contribution in [-0.4, -0.2) is 10.9 Å². The summed E-state index contributed by atoms with van der Waals surface area (Å²) in [5, 5.41) is 10.7. The summed E-state index contributed by atoms with van der Waals surface area (Å²) in [6.45, 7) is 0. The number of nitrogens with one attached hydrogen (secondary N) is 1. The Bertz CT molecular complexity index is 937. The fourth-order valence-corrected chi connectivity index (χ4v) is 2.12. The van der Waals surface area contributed by atoms with Crippen LogP contribution in [0.15, 0.2) is 83.2 Å². The number of amides is 1. The molecule has 0 bridgehead atoms. The number of benzene rings is 2. The Balaban J connectivity index is 1.64. The van der Waals surface area contributed by atoms with E-state index < -0.39 is 17.8 Å². The number of hydrogen-bond donors (Lipinski definition) is 1. The molecule has 3 aromatic rings. The Labute approximate surface area is 152 Å². The lowest BCUT2D eigenvalue weighted by Gasteiger charge is -2.07. The van der Waals surface area contributed by atoms with Gasteiger partial charge >= 0.3 is 6.18 Å². The molecule has 0 saturated carbocycles. The number of aromatic nitrogens is 1. The summed E-state index contributed by atoms with van der Waals surface area (Å²) in [6.07, 6.45) is -3.65. The first kappa shape index (κ1) is 18.2. The molecule has 0 radical (unpaired) electrons. The number of alkyl halides is 3. The van der Waals surface area contributed by atoms with Gasteiger partial charge in [0.2, 0.25) is 0 Å². The summed E-state index contributed by atoms with van der Waals surface area (Å²) in [7, 11) is 0. The molecule has 0 unspecified atom stereocenters. The van der Waals surface area contributed by atoms with Crippen molar-refractivity contribution < 1.29 is 18.0 Å². The van der Waals surface area contributed by atoms with Crippen LogP contribution in [-0.2, 0) is 6.18 Å². The third kappa shape index (κ3) is 4.97. The molecule has 0 aliphatic heterocycles. The zero-order chi connectivity index (χ0) is 19.3. The topological polar surface area (TPSA) is 66.7 Å². The minimum Gasteiger partial charge on any atom is -0.322 e. The summed E-state index contributed by atoms with van der Waals surface area (Å²) < 4.78 is 37.5. The van der Waals surface area contributed by atoms with Gasteiger partial charge in [0.05, 0.1) is 16.9 Å². The molecule has 0 aliphatic carbocycles. The van der Waals surface area contributed by atoms with Crippen molar-refractivity contribution >= 4 is 23.0 Å². The molecule has 0 aliphatic rings. The second kappa shape index (κ2) is 7.77. The Hall–Kier alpha value is -3.55. The second-order valence-corrected chi connectivity index (χ2v) is 5.47. The fraction of sp³-hybridized carbons (Fsp3) is 0.0526. The van der Waals surface area contributed by atoms with Crippen LogP contribution in [0.2, 0.25) is 0 Å². The third-order valence-corrected chi connectivity index (χ3v) is 3.48. The largest absolute Gasteiger partial charge is 0.433 e. The highest BCUT2D eigenvalue weighted by Crippen LogP contribution is 2.27. The first-order chi connectivity index (χ1) is 12.9. The van der Waals surface area contributed by atoms with Crippen LogP contribution >= 0.6 is 0 Å². The summed E-state index contributed by atoms with van der Waals surface area (Å²) in [5.74, 6) is -0.560. The number of carbonyl (C=O) groups is 1. The standard InChI is InChI=1S/C19H13F3N4O/c20-19(21,22)17-11-6-13(12-23-17)18(27)24-14-7-9-16(10-8-14)26-25-15-4-2-1-3-5-15/h1-12H,(H,24,27). The summed E-state index contributed by atoms with van der Waals surface area (Å²) in [5.41, 5.74) is 0.749. The number of rotatable bonds is 4. The van der Waals surface area contributed by atoms with E-state index in [0.717, 1.165) is 18.3 Å². The molecule has 0 fully saturated rings. The molecule has 2 aromatic carbocycles. The number of hydrogen-bond acceptors (Lipinski definition) is 4. The molecule has 1 aromatic heterocycles. The molecule has 136 valence electrons. The number of anilines is 1. The number of nitrogens with zero attached hydrogens (tertiary/aromatic N) is 3. The van der Waals surface area contributed by atoms with E-state index in [1.807, 2.05) is 30.3 Å². The van der Waals surface area contributed by atoms with Gasteiger partial charge in [-0.05, 0) is 48.5 Å². The van der Waals surface area contributed by atoms with Gasteiger partial charge < -0.3 is 5.32 Å². The number of azo groups is 1. The maximum absolute atomic E-state index is 12.5. The van der Waals surface area contributed by atoms with E-state index in [4.69, 9.17) is 0 Å². The normalized spacial score (nSPS) is 11.5. The monoisotopic (exact) mass is 370 g/mol. The van der Waals surface area contributed by atoms with Crippen LogP contribution in [0, 0.1) is 0 Å². The van der Waals surface area contributed by atoms with Crippen molar-refractivity contribution in [1.29, 1.82) is 0 Å². The van der Waals surface area contributed by atoms with Crippen LogP contribution < -0.4 is 5.32 Å². The number of halogens is 3. The molecule has 0 spiro atoms. The lowest BCUT2D eigenvalue weighted by atomic mass is 10.2. The molecule has 1 heterocycles. The van der Waals surface area contributed by atoms with E-state index in [0.29, 0.717) is 17.1 Å². The van der Waals surface area contributed by atoms with Gasteiger partial charge in [0, 0.05) is 11.9 Å². The molecular formula is C19H13F3N4O. The molecule has 1 N–H and O–H groups in total. The SMILES string of the molecule is O=C(Nc1ccc(N=Nc2ccccc2)cc1)c1ccc(C(F)(F)F)nc1. The average Bonchev–Trinajstić information content (AvgIpc) is 2.68. The molecule has 3 rings (SSSR count). The highest BCUT2D eigenvalue weighted by molar-refractivity contribution is 6.04. The molecule has 1 amide bonds. The lowest BCUT2D eigenvalue weighted by molar-refractivity contribution is -0.141. The van der Waals surface area contributed by atoms with Gasteiger partial charge in [-0.1, -0.05) is 18.2 Å². The van der Waals surface area contributed by atoms with Crippen molar-refractivity contribution in [3.05, 3.63) is 84.2 Å². The van der Waals surface area contributed by atoms with Crippen LogP contribution in [0.3, 0.4) is 0 Å². The van der Waals surface area contributed by atoms with E-state index in [1.54, 1.807) is 24.3 Å². The van der Waals surface area contributed by atoms with Gasteiger partial charge in [0.25, 0.3) is 5.91 Å². The van der Waals surface area contributed by atoms with Gasteiger partial charge in [-0.15, -0.1) is 0 Å². The van der Waals surface area contributed by atoms with Gasteiger partial charge in [-0.2, -0.15) is 23.4 Å².